The zero-order chi connectivity index (χ0) is 14.9. The lowest BCUT2D eigenvalue weighted by molar-refractivity contribution is 0.126. The van der Waals surface area contributed by atoms with Crippen LogP contribution in [0.25, 0.3) is 0 Å². The normalized spacial score (nSPS) is 16.6. The van der Waals surface area contributed by atoms with Crippen molar-refractivity contribution in [3.63, 3.8) is 0 Å². The maximum absolute atomic E-state index is 8.74. The van der Waals surface area contributed by atoms with Crippen molar-refractivity contribution in [3.8, 4) is 11.8 Å². The van der Waals surface area contributed by atoms with Crippen LogP contribution in [-0.4, -0.2) is 55.7 Å². The summed E-state index contributed by atoms with van der Waals surface area (Å²) in [5.74, 6) is 0.849. The second-order valence-corrected chi connectivity index (χ2v) is 5.52. The summed E-state index contributed by atoms with van der Waals surface area (Å²) in [6.07, 6.45) is 2.30. The molecule has 0 amide bonds. The van der Waals surface area contributed by atoms with Crippen molar-refractivity contribution in [3.05, 3.63) is 29.8 Å². The van der Waals surface area contributed by atoms with E-state index < -0.39 is 0 Å². The highest BCUT2D eigenvalue weighted by molar-refractivity contribution is 5.34. The first-order chi connectivity index (χ1) is 10.3. The molecule has 2 rings (SSSR count). The summed E-state index contributed by atoms with van der Waals surface area (Å²) in [4.78, 5) is 5.07. The van der Waals surface area contributed by atoms with Crippen LogP contribution in [-0.2, 0) is 0 Å². The predicted octanol–water partition coefficient (Wildman–Crippen LogP) is 2.35. The molecule has 0 spiro atoms. The largest absolute Gasteiger partial charge is 0.494 e. The fourth-order valence-electron chi connectivity index (χ4n) is 2.66. The third-order valence-corrected chi connectivity index (χ3v) is 3.88. The number of hydrogen-bond donors (Lipinski definition) is 0. The Bertz CT molecular complexity index is 444. The maximum Gasteiger partial charge on any atom is 0.119 e. The Hall–Kier alpha value is -1.57. The van der Waals surface area contributed by atoms with Crippen molar-refractivity contribution in [2.45, 2.75) is 19.8 Å². The van der Waals surface area contributed by atoms with E-state index in [4.69, 9.17) is 10.00 Å². The third-order valence-electron chi connectivity index (χ3n) is 3.88. The SMILES string of the molecule is CCCN1CCN(CCCOc2ccc(C#N)cc2)CC1. The van der Waals surface area contributed by atoms with Crippen LogP contribution in [0, 0.1) is 11.3 Å². The van der Waals surface area contributed by atoms with Crippen LogP contribution in [0.4, 0.5) is 0 Å². The molecule has 1 saturated heterocycles. The Labute approximate surface area is 127 Å². The first-order valence-electron chi connectivity index (χ1n) is 7.89. The standard InChI is InChI=1S/C17H25N3O/c1-2-8-19-10-12-20(13-11-19)9-3-14-21-17-6-4-16(15-18)5-7-17/h4-7H,2-3,8-14H2,1H3. The van der Waals surface area contributed by atoms with Crippen molar-refractivity contribution in [2.75, 3.05) is 45.9 Å². The van der Waals surface area contributed by atoms with Gasteiger partial charge < -0.3 is 14.5 Å². The van der Waals surface area contributed by atoms with Crippen LogP contribution in [0.5, 0.6) is 5.75 Å². The summed E-state index contributed by atoms with van der Waals surface area (Å²) in [6.45, 7) is 10.1. The highest BCUT2D eigenvalue weighted by Crippen LogP contribution is 2.12. The summed E-state index contributed by atoms with van der Waals surface area (Å²) in [7, 11) is 0. The Morgan fingerprint density at radius 3 is 2.24 bits per heavy atom. The van der Waals surface area contributed by atoms with Gasteiger partial charge in [0.1, 0.15) is 5.75 Å². The van der Waals surface area contributed by atoms with Gasteiger partial charge in [-0.2, -0.15) is 5.26 Å². The van der Waals surface area contributed by atoms with Gasteiger partial charge in [-0.25, -0.2) is 0 Å². The van der Waals surface area contributed by atoms with Gasteiger partial charge in [0.15, 0.2) is 0 Å². The van der Waals surface area contributed by atoms with Gasteiger partial charge in [-0.3, -0.25) is 0 Å². The van der Waals surface area contributed by atoms with E-state index in [1.54, 1.807) is 12.1 Å². The molecule has 0 aliphatic carbocycles. The fraction of sp³-hybridized carbons (Fsp3) is 0.588. The molecule has 0 aromatic heterocycles. The molecule has 0 saturated carbocycles. The smallest absolute Gasteiger partial charge is 0.119 e. The molecule has 1 aromatic rings. The van der Waals surface area contributed by atoms with Gasteiger partial charge in [0.25, 0.3) is 0 Å². The molecule has 4 nitrogen and oxygen atoms in total. The van der Waals surface area contributed by atoms with Gasteiger partial charge in [-0.05, 0) is 43.7 Å². The molecule has 114 valence electrons. The van der Waals surface area contributed by atoms with E-state index in [-0.39, 0.29) is 0 Å². The second-order valence-electron chi connectivity index (χ2n) is 5.52. The van der Waals surface area contributed by atoms with Crippen LogP contribution in [0.3, 0.4) is 0 Å². The van der Waals surface area contributed by atoms with Crippen LogP contribution in [0.1, 0.15) is 25.3 Å². The molecule has 4 heteroatoms. The first-order valence-corrected chi connectivity index (χ1v) is 7.89. The summed E-state index contributed by atoms with van der Waals surface area (Å²) >= 11 is 0. The summed E-state index contributed by atoms with van der Waals surface area (Å²) in [6, 6.07) is 9.42. The van der Waals surface area contributed by atoms with Gasteiger partial charge in [0.2, 0.25) is 0 Å². The van der Waals surface area contributed by atoms with Crippen LogP contribution >= 0.6 is 0 Å². The molecule has 1 heterocycles. The summed E-state index contributed by atoms with van der Waals surface area (Å²) in [5.41, 5.74) is 0.673. The zero-order valence-electron chi connectivity index (χ0n) is 12.9. The number of rotatable bonds is 7. The van der Waals surface area contributed by atoms with Crippen molar-refractivity contribution in [1.82, 2.24) is 9.80 Å². The van der Waals surface area contributed by atoms with E-state index in [1.807, 2.05) is 12.1 Å². The number of nitriles is 1. The lowest BCUT2D eigenvalue weighted by Gasteiger charge is -2.34. The van der Waals surface area contributed by atoms with Crippen LogP contribution in [0.2, 0.25) is 0 Å². The average molecular weight is 287 g/mol. The minimum atomic E-state index is 0.673. The fourth-order valence-corrected chi connectivity index (χ4v) is 2.66. The third kappa shape index (κ3) is 5.37. The molecule has 21 heavy (non-hydrogen) atoms. The molecule has 1 fully saturated rings. The molecule has 1 aromatic carbocycles. The lowest BCUT2D eigenvalue weighted by Crippen LogP contribution is -2.46. The van der Waals surface area contributed by atoms with Crippen LogP contribution < -0.4 is 4.74 Å². The lowest BCUT2D eigenvalue weighted by atomic mass is 10.2. The van der Waals surface area contributed by atoms with E-state index in [2.05, 4.69) is 22.8 Å². The van der Waals surface area contributed by atoms with E-state index >= 15 is 0 Å². The molecule has 1 aliphatic heterocycles. The Morgan fingerprint density at radius 2 is 1.67 bits per heavy atom. The number of nitrogens with zero attached hydrogens (tertiary/aromatic N) is 3. The van der Waals surface area contributed by atoms with E-state index in [1.165, 1.54) is 39.1 Å². The van der Waals surface area contributed by atoms with Crippen molar-refractivity contribution in [2.24, 2.45) is 0 Å². The Balaban J connectivity index is 1.59. The number of ether oxygens (including phenoxy) is 1. The van der Waals surface area contributed by atoms with Gasteiger partial charge in [-0.15, -0.1) is 0 Å². The molecule has 0 unspecified atom stereocenters. The van der Waals surface area contributed by atoms with Gasteiger partial charge >= 0.3 is 0 Å². The Kier molecular flexibility index (Phi) is 6.52. The monoisotopic (exact) mass is 287 g/mol. The summed E-state index contributed by atoms with van der Waals surface area (Å²) in [5, 5.41) is 8.74. The minimum Gasteiger partial charge on any atom is -0.494 e. The van der Waals surface area contributed by atoms with Gasteiger partial charge in [0.05, 0.1) is 18.2 Å². The quantitative estimate of drug-likeness (QED) is 0.722. The van der Waals surface area contributed by atoms with E-state index in [9.17, 15) is 0 Å². The molecule has 0 atom stereocenters. The van der Waals surface area contributed by atoms with E-state index in [0.29, 0.717) is 5.56 Å². The van der Waals surface area contributed by atoms with Crippen LogP contribution in [0.15, 0.2) is 24.3 Å². The first kappa shape index (κ1) is 15.8. The average Bonchev–Trinajstić information content (AvgIpc) is 2.54. The predicted molar refractivity (Wildman–Crippen MR) is 84.4 cm³/mol. The maximum atomic E-state index is 8.74. The van der Waals surface area contributed by atoms with Crippen molar-refractivity contribution in [1.29, 1.82) is 5.26 Å². The molecule has 1 aliphatic rings. The molecule has 0 N–H and O–H groups in total. The molecule has 0 bridgehead atoms. The van der Waals surface area contributed by atoms with Gasteiger partial charge in [0, 0.05) is 32.7 Å². The van der Waals surface area contributed by atoms with Crippen molar-refractivity contribution >= 4 is 0 Å². The number of piperazine rings is 1. The highest BCUT2D eigenvalue weighted by atomic mass is 16.5. The molecular weight excluding hydrogens is 262 g/mol. The number of hydrogen-bond acceptors (Lipinski definition) is 4. The van der Waals surface area contributed by atoms with E-state index in [0.717, 1.165) is 25.3 Å². The Morgan fingerprint density at radius 1 is 1.05 bits per heavy atom. The topological polar surface area (TPSA) is 39.5 Å². The zero-order valence-corrected chi connectivity index (χ0v) is 12.9. The second kappa shape index (κ2) is 8.66. The summed E-state index contributed by atoms with van der Waals surface area (Å²) < 4.78 is 5.71. The molecule has 0 radical (unpaired) electrons. The number of benzene rings is 1. The molecular formula is C17H25N3O. The van der Waals surface area contributed by atoms with Crippen molar-refractivity contribution < 1.29 is 4.74 Å². The van der Waals surface area contributed by atoms with Gasteiger partial charge in [-0.1, -0.05) is 6.92 Å². The minimum absolute atomic E-state index is 0.673. The highest BCUT2D eigenvalue weighted by Gasteiger charge is 2.15.